The summed E-state index contributed by atoms with van der Waals surface area (Å²) in [6.45, 7) is 0.864. The lowest BCUT2D eigenvalue weighted by Crippen LogP contribution is -2.53. The monoisotopic (exact) mass is 285 g/mol. The molecule has 0 saturated carbocycles. The van der Waals surface area contributed by atoms with Crippen LogP contribution in [0.1, 0.15) is 32.1 Å². The lowest BCUT2D eigenvalue weighted by molar-refractivity contribution is -0.152. The van der Waals surface area contributed by atoms with Gasteiger partial charge in [0, 0.05) is 13.1 Å². The van der Waals surface area contributed by atoms with E-state index in [0.29, 0.717) is 32.4 Å². The molecule has 114 valence electrons. The number of hydrogen-bond donors (Lipinski definition) is 4. The van der Waals surface area contributed by atoms with Crippen molar-refractivity contribution in [2.24, 2.45) is 22.2 Å². The second-order valence-corrected chi connectivity index (χ2v) is 4.94. The van der Waals surface area contributed by atoms with Gasteiger partial charge in [-0.1, -0.05) is 0 Å². The van der Waals surface area contributed by atoms with Crippen molar-refractivity contribution in [2.75, 3.05) is 13.1 Å². The van der Waals surface area contributed by atoms with Crippen molar-refractivity contribution in [2.45, 2.75) is 44.2 Å². The summed E-state index contributed by atoms with van der Waals surface area (Å²) >= 11 is 0. The van der Waals surface area contributed by atoms with Crippen LogP contribution in [0.15, 0.2) is 4.99 Å². The molecule has 0 aliphatic carbocycles. The minimum atomic E-state index is -0.967. The number of amides is 1. The molecular weight excluding hydrogens is 262 g/mol. The first kappa shape index (κ1) is 16.2. The van der Waals surface area contributed by atoms with E-state index in [2.05, 4.69) is 4.99 Å². The molecule has 20 heavy (non-hydrogen) atoms. The van der Waals surface area contributed by atoms with Crippen LogP contribution < -0.4 is 17.2 Å². The van der Waals surface area contributed by atoms with E-state index in [0.717, 1.165) is 12.8 Å². The van der Waals surface area contributed by atoms with Crippen LogP contribution in [0.4, 0.5) is 0 Å². The van der Waals surface area contributed by atoms with Gasteiger partial charge in [-0.15, -0.1) is 0 Å². The number of hydrogen-bond acceptors (Lipinski definition) is 4. The van der Waals surface area contributed by atoms with Gasteiger partial charge in [0.15, 0.2) is 5.96 Å². The number of piperidine rings is 1. The maximum absolute atomic E-state index is 12.2. The molecule has 8 nitrogen and oxygen atoms in total. The molecule has 0 bridgehead atoms. The molecule has 0 aromatic carbocycles. The van der Waals surface area contributed by atoms with Crippen molar-refractivity contribution in [3.05, 3.63) is 0 Å². The van der Waals surface area contributed by atoms with Gasteiger partial charge in [-0.2, -0.15) is 0 Å². The second-order valence-electron chi connectivity index (χ2n) is 4.94. The number of carboxylic acid groups (broad SMARTS) is 1. The number of aliphatic carboxylic acids is 1. The fraction of sp³-hybridized carbons (Fsp3) is 0.750. The zero-order valence-corrected chi connectivity index (χ0v) is 11.5. The van der Waals surface area contributed by atoms with Crippen molar-refractivity contribution >= 4 is 17.8 Å². The highest BCUT2D eigenvalue weighted by atomic mass is 16.4. The molecule has 7 N–H and O–H groups in total. The lowest BCUT2D eigenvalue weighted by Gasteiger charge is -2.34. The minimum Gasteiger partial charge on any atom is -0.480 e. The SMILES string of the molecule is NC(N)=NCCCC(N)C(=O)N1CCCCC1C(=O)O. The van der Waals surface area contributed by atoms with E-state index >= 15 is 0 Å². The molecule has 1 fully saturated rings. The van der Waals surface area contributed by atoms with Gasteiger partial charge in [0.1, 0.15) is 6.04 Å². The van der Waals surface area contributed by atoms with Crippen LogP contribution in [0.5, 0.6) is 0 Å². The fourth-order valence-electron chi connectivity index (χ4n) is 2.31. The number of nitrogens with zero attached hydrogens (tertiary/aromatic N) is 2. The van der Waals surface area contributed by atoms with Crippen LogP contribution in [-0.2, 0) is 9.59 Å². The normalized spacial score (nSPS) is 20.2. The summed E-state index contributed by atoms with van der Waals surface area (Å²) in [6.07, 6.45) is 3.13. The number of nitrogens with two attached hydrogens (primary N) is 3. The maximum atomic E-state index is 12.2. The highest BCUT2D eigenvalue weighted by molar-refractivity contribution is 5.87. The second kappa shape index (κ2) is 7.68. The molecule has 0 radical (unpaired) electrons. The molecule has 8 heteroatoms. The summed E-state index contributed by atoms with van der Waals surface area (Å²) in [5.41, 5.74) is 16.2. The van der Waals surface area contributed by atoms with E-state index in [1.54, 1.807) is 0 Å². The predicted octanol–water partition coefficient (Wildman–Crippen LogP) is -1.17. The Bertz CT molecular complexity index is 381. The van der Waals surface area contributed by atoms with E-state index in [1.165, 1.54) is 4.90 Å². The van der Waals surface area contributed by atoms with E-state index in [9.17, 15) is 9.59 Å². The molecule has 0 aromatic heterocycles. The van der Waals surface area contributed by atoms with E-state index in [-0.39, 0.29) is 11.9 Å². The van der Waals surface area contributed by atoms with Gasteiger partial charge in [0.2, 0.25) is 5.91 Å². The van der Waals surface area contributed by atoms with Gasteiger partial charge >= 0.3 is 5.97 Å². The molecule has 1 amide bonds. The average Bonchev–Trinajstić information content (AvgIpc) is 2.42. The average molecular weight is 285 g/mol. The quantitative estimate of drug-likeness (QED) is 0.274. The molecule has 2 atom stereocenters. The van der Waals surface area contributed by atoms with Crippen LogP contribution in [0, 0.1) is 0 Å². The number of guanidine groups is 1. The highest BCUT2D eigenvalue weighted by Gasteiger charge is 2.33. The number of carboxylic acids is 1. The van der Waals surface area contributed by atoms with Crippen LogP contribution in [-0.4, -0.2) is 53.0 Å². The maximum Gasteiger partial charge on any atom is 0.326 e. The van der Waals surface area contributed by atoms with E-state index < -0.39 is 18.1 Å². The highest BCUT2D eigenvalue weighted by Crippen LogP contribution is 2.18. The Morgan fingerprint density at radius 2 is 2.05 bits per heavy atom. The number of carbonyl (C=O) groups excluding carboxylic acids is 1. The van der Waals surface area contributed by atoms with E-state index in [4.69, 9.17) is 22.3 Å². The number of aliphatic imine (C=N–C) groups is 1. The predicted molar refractivity (Wildman–Crippen MR) is 74.9 cm³/mol. The Hall–Kier alpha value is -1.83. The molecular formula is C12H23N5O3. The van der Waals surface area contributed by atoms with Crippen molar-refractivity contribution in [3.63, 3.8) is 0 Å². The molecule has 0 aromatic rings. The molecule has 1 aliphatic rings. The summed E-state index contributed by atoms with van der Waals surface area (Å²) in [4.78, 5) is 28.5. The number of likely N-dealkylation sites (tertiary alicyclic amines) is 1. The third kappa shape index (κ3) is 4.69. The Balaban J connectivity index is 2.49. The van der Waals surface area contributed by atoms with Crippen LogP contribution in [0.25, 0.3) is 0 Å². The largest absolute Gasteiger partial charge is 0.480 e. The van der Waals surface area contributed by atoms with Gasteiger partial charge in [0.05, 0.1) is 6.04 Å². The van der Waals surface area contributed by atoms with Gasteiger partial charge in [-0.25, -0.2) is 4.79 Å². The van der Waals surface area contributed by atoms with Crippen molar-refractivity contribution in [3.8, 4) is 0 Å². The topological polar surface area (TPSA) is 148 Å². The smallest absolute Gasteiger partial charge is 0.326 e. The summed E-state index contributed by atoms with van der Waals surface area (Å²) in [5.74, 6) is -1.26. The lowest BCUT2D eigenvalue weighted by atomic mass is 10.00. The van der Waals surface area contributed by atoms with Gasteiger partial charge < -0.3 is 27.2 Å². The first-order valence-electron chi connectivity index (χ1n) is 6.77. The fourth-order valence-corrected chi connectivity index (χ4v) is 2.31. The van der Waals surface area contributed by atoms with Gasteiger partial charge in [-0.05, 0) is 32.1 Å². The first-order chi connectivity index (χ1) is 9.43. The van der Waals surface area contributed by atoms with Crippen molar-refractivity contribution in [1.29, 1.82) is 0 Å². The molecule has 2 unspecified atom stereocenters. The third-order valence-corrected chi connectivity index (χ3v) is 3.36. The number of rotatable bonds is 6. The molecule has 0 spiro atoms. The van der Waals surface area contributed by atoms with Crippen LogP contribution >= 0.6 is 0 Å². The summed E-state index contributed by atoms with van der Waals surface area (Å²) in [6, 6.07) is -1.45. The Labute approximate surface area is 118 Å². The zero-order valence-electron chi connectivity index (χ0n) is 11.5. The molecule has 1 aliphatic heterocycles. The van der Waals surface area contributed by atoms with Crippen LogP contribution in [0.3, 0.4) is 0 Å². The molecule has 1 rings (SSSR count). The first-order valence-corrected chi connectivity index (χ1v) is 6.77. The zero-order chi connectivity index (χ0) is 15.1. The number of carbonyl (C=O) groups is 2. The Morgan fingerprint density at radius 1 is 1.35 bits per heavy atom. The van der Waals surface area contributed by atoms with Crippen LogP contribution in [0.2, 0.25) is 0 Å². The summed E-state index contributed by atoms with van der Waals surface area (Å²) < 4.78 is 0. The summed E-state index contributed by atoms with van der Waals surface area (Å²) in [7, 11) is 0. The van der Waals surface area contributed by atoms with Gasteiger partial charge in [0.25, 0.3) is 0 Å². The van der Waals surface area contributed by atoms with Crippen molar-refractivity contribution in [1.82, 2.24) is 4.90 Å². The minimum absolute atomic E-state index is 0.00636. The van der Waals surface area contributed by atoms with Crippen molar-refractivity contribution < 1.29 is 14.7 Å². The standard InChI is InChI=1S/C12H23N5O3/c13-8(4-3-6-16-12(14)15)10(18)17-7-2-1-5-9(17)11(19)20/h8-9H,1-7,13H2,(H,19,20)(H4,14,15,16). The molecule has 1 saturated heterocycles. The van der Waals surface area contributed by atoms with Gasteiger partial charge in [-0.3, -0.25) is 9.79 Å². The third-order valence-electron chi connectivity index (χ3n) is 3.36. The Kier molecular flexibility index (Phi) is 6.23. The van der Waals surface area contributed by atoms with E-state index in [1.807, 2.05) is 0 Å². The Morgan fingerprint density at radius 3 is 2.65 bits per heavy atom. The summed E-state index contributed by atoms with van der Waals surface area (Å²) in [5, 5.41) is 9.13. The molecule has 1 heterocycles.